The molecular weight excluding hydrogens is 210 g/mol. The summed E-state index contributed by atoms with van der Waals surface area (Å²) < 4.78 is 0. The third kappa shape index (κ3) is 5.95. The van der Waals surface area contributed by atoms with Gasteiger partial charge in [0.15, 0.2) is 0 Å². The molecule has 0 radical (unpaired) electrons. The summed E-state index contributed by atoms with van der Waals surface area (Å²) in [6, 6.07) is 0.455. The van der Waals surface area contributed by atoms with Crippen molar-refractivity contribution in [2.24, 2.45) is 0 Å². The number of nitrogens with zero attached hydrogens (tertiary/aromatic N) is 2. The normalized spacial score (nSPS) is 8.65. The van der Waals surface area contributed by atoms with E-state index in [1.165, 1.54) is 0 Å². The molecule has 0 atom stereocenters. The predicted octanol–water partition coefficient (Wildman–Crippen LogP) is 3.86. The lowest BCUT2D eigenvalue weighted by Crippen LogP contribution is -2.24. The average molecular weight is 237 g/mol. The van der Waals surface area contributed by atoms with Gasteiger partial charge in [-0.05, 0) is 20.8 Å². The van der Waals surface area contributed by atoms with Crippen LogP contribution in [-0.4, -0.2) is 28.0 Å². The van der Waals surface area contributed by atoms with E-state index in [0.717, 1.165) is 17.2 Å². The molecule has 1 aromatic rings. The van der Waals surface area contributed by atoms with Crippen molar-refractivity contribution in [2.75, 3.05) is 7.05 Å². The van der Waals surface area contributed by atoms with E-state index in [-0.39, 0.29) is 0 Å². The SMILES string of the molecule is C=C.C=C(c1cnc(C)[nH]1)N(C)C(C)C.CC. The van der Waals surface area contributed by atoms with Crippen molar-refractivity contribution < 1.29 is 0 Å². The summed E-state index contributed by atoms with van der Waals surface area (Å²) in [4.78, 5) is 9.41. The summed E-state index contributed by atoms with van der Waals surface area (Å²) in [5, 5.41) is 0. The zero-order valence-electron chi connectivity index (χ0n) is 12.2. The first-order valence-corrected chi connectivity index (χ1v) is 5.96. The molecule has 0 fully saturated rings. The first kappa shape index (κ1) is 17.9. The van der Waals surface area contributed by atoms with Crippen LogP contribution in [0.4, 0.5) is 0 Å². The van der Waals surface area contributed by atoms with Crippen molar-refractivity contribution in [1.82, 2.24) is 14.9 Å². The molecule has 0 aliphatic heterocycles. The second kappa shape index (κ2) is 9.70. The van der Waals surface area contributed by atoms with Crippen LogP contribution >= 0.6 is 0 Å². The summed E-state index contributed by atoms with van der Waals surface area (Å²) in [5.41, 5.74) is 1.98. The maximum atomic E-state index is 4.14. The second-order valence-electron chi connectivity index (χ2n) is 3.53. The molecule has 1 heterocycles. The predicted molar refractivity (Wildman–Crippen MR) is 77.9 cm³/mol. The van der Waals surface area contributed by atoms with Crippen molar-refractivity contribution in [1.29, 1.82) is 0 Å². The number of aromatic nitrogens is 2. The van der Waals surface area contributed by atoms with Gasteiger partial charge in [-0.15, -0.1) is 13.2 Å². The minimum Gasteiger partial charge on any atom is -0.371 e. The van der Waals surface area contributed by atoms with Gasteiger partial charge in [0.2, 0.25) is 0 Å². The molecule has 3 heteroatoms. The van der Waals surface area contributed by atoms with Gasteiger partial charge in [-0.2, -0.15) is 0 Å². The van der Waals surface area contributed by atoms with Crippen LogP contribution in [0.1, 0.15) is 39.2 Å². The minimum atomic E-state index is 0.455. The number of rotatable bonds is 3. The molecule has 3 nitrogen and oxygen atoms in total. The minimum absolute atomic E-state index is 0.455. The van der Waals surface area contributed by atoms with Gasteiger partial charge >= 0.3 is 0 Å². The lowest BCUT2D eigenvalue weighted by molar-refractivity contribution is 0.396. The first-order valence-electron chi connectivity index (χ1n) is 5.96. The maximum absolute atomic E-state index is 4.14. The van der Waals surface area contributed by atoms with Gasteiger partial charge in [0.25, 0.3) is 0 Å². The largest absolute Gasteiger partial charge is 0.371 e. The maximum Gasteiger partial charge on any atom is 0.103 e. The lowest BCUT2D eigenvalue weighted by Gasteiger charge is -2.24. The Labute approximate surface area is 106 Å². The molecule has 0 bridgehead atoms. The summed E-state index contributed by atoms with van der Waals surface area (Å²) in [5.74, 6) is 0.924. The number of nitrogens with one attached hydrogen (secondary N) is 1. The van der Waals surface area contributed by atoms with E-state index in [1.807, 2.05) is 34.0 Å². The molecule has 0 aliphatic rings. The molecule has 1 aromatic heterocycles. The molecule has 1 N–H and O–H groups in total. The number of aryl methyl sites for hydroxylation is 1. The fourth-order valence-electron chi connectivity index (χ4n) is 1.07. The van der Waals surface area contributed by atoms with Crippen LogP contribution in [-0.2, 0) is 0 Å². The van der Waals surface area contributed by atoms with Crippen molar-refractivity contribution >= 4 is 5.70 Å². The third-order valence-electron chi connectivity index (χ3n) is 2.21. The highest BCUT2D eigenvalue weighted by Gasteiger charge is 2.09. The summed E-state index contributed by atoms with van der Waals surface area (Å²) in [6.07, 6.45) is 1.82. The number of aromatic amines is 1. The van der Waals surface area contributed by atoms with Crippen molar-refractivity contribution in [3.05, 3.63) is 37.5 Å². The standard InChI is InChI=1S/C10H17N3.C2H6.C2H4/c1-7(2)13(5)8(3)10-6-11-9(4)12-10;2*1-2/h6-7H,3H2,1-2,4-5H3,(H,11,12);1-2H3;1-2H2. The lowest BCUT2D eigenvalue weighted by atomic mass is 10.2. The highest BCUT2D eigenvalue weighted by Crippen LogP contribution is 2.15. The molecule has 0 saturated heterocycles. The number of imidazole rings is 1. The van der Waals surface area contributed by atoms with Crippen LogP contribution in [0.3, 0.4) is 0 Å². The van der Waals surface area contributed by atoms with Crippen LogP contribution in [0.2, 0.25) is 0 Å². The third-order valence-corrected chi connectivity index (χ3v) is 2.21. The zero-order valence-corrected chi connectivity index (χ0v) is 12.2. The molecule has 0 aliphatic carbocycles. The van der Waals surface area contributed by atoms with Crippen LogP contribution in [0.5, 0.6) is 0 Å². The fourth-order valence-corrected chi connectivity index (χ4v) is 1.07. The number of hydrogen-bond donors (Lipinski definition) is 1. The molecule has 0 spiro atoms. The van der Waals surface area contributed by atoms with Crippen molar-refractivity contribution in [3.8, 4) is 0 Å². The number of hydrogen-bond acceptors (Lipinski definition) is 2. The van der Waals surface area contributed by atoms with Crippen LogP contribution < -0.4 is 0 Å². The Morgan fingerprint density at radius 3 is 2.12 bits per heavy atom. The molecule has 0 saturated carbocycles. The second-order valence-corrected chi connectivity index (χ2v) is 3.53. The average Bonchev–Trinajstić information content (AvgIpc) is 2.79. The van der Waals surface area contributed by atoms with Crippen LogP contribution in [0, 0.1) is 6.92 Å². The molecular formula is C14H27N3. The molecule has 0 amide bonds. The van der Waals surface area contributed by atoms with E-state index in [2.05, 4.69) is 48.5 Å². The quantitative estimate of drug-likeness (QED) is 0.810. The van der Waals surface area contributed by atoms with E-state index < -0.39 is 0 Å². The van der Waals surface area contributed by atoms with Gasteiger partial charge in [0.1, 0.15) is 5.82 Å². The highest BCUT2D eigenvalue weighted by atomic mass is 15.1. The van der Waals surface area contributed by atoms with E-state index in [9.17, 15) is 0 Å². The van der Waals surface area contributed by atoms with Gasteiger partial charge in [-0.3, -0.25) is 0 Å². The van der Waals surface area contributed by atoms with Gasteiger partial charge in [-0.1, -0.05) is 20.4 Å². The summed E-state index contributed by atoms with van der Waals surface area (Å²) >= 11 is 0. The summed E-state index contributed by atoms with van der Waals surface area (Å²) in [6.45, 7) is 20.2. The molecule has 0 aromatic carbocycles. The van der Waals surface area contributed by atoms with Gasteiger partial charge < -0.3 is 9.88 Å². The molecule has 98 valence electrons. The van der Waals surface area contributed by atoms with Crippen molar-refractivity contribution in [2.45, 2.75) is 40.7 Å². The Balaban J connectivity index is 0. The van der Waals surface area contributed by atoms with E-state index in [0.29, 0.717) is 6.04 Å². The van der Waals surface area contributed by atoms with E-state index in [1.54, 1.807) is 0 Å². The fraction of sp³-hybridized carbons (Fsp3) is 0.500. The topological polar surface area (TPSA) is 31.9 Å². The Morgan fingerprint density at radius 2 is 1.82 bits per heavy atom. The highest BCUT2D eigenvalue weighted by molar-refractivity contribution is 5.57. The van der Waals surface area contributed by atoms with Gasteiger partial charge in [0.05, 0.1) is 17.6 Å². The molecule has 0 unspecified atom stereocenters. The number of H-pyrrole nitrogens is 1. The van der Waals surface area contributed by atoms with Gasteiger partial charge in [-0.25, -0.2) is 4.98 Å². The van der Waals surface area contributed by atoms with Gasteiger partial charge in [0, 0.05) is 13.1 Å². The van der Waals surface area contributed by atoms with E-state index >= 15 is 0 Å². The molecule has 17 heavy (non-hydrogen) atoms. The first-order chi connectivity index (χ1) is 8.02. The summed E-state index contributed by atoms with van der Waals surface area (Å²) in [7, 11) is 2.03. The zero-order chi connectivity index (χ0) is 14.0. The van der Waals surface area contributed by atoms with Crippen molar-refractivity contribution in [3.63, 3.8) is 0 Å². The Morgan fingerprint density at radius 1 is 1.35 bits per heavy atom. The Kier molecular flexibility index (Phi) is 10.2. The molecule has 1 rings (SSSR count). The smallest absolute Gasteiger partial charge is 0.103 e. The Bertz CT molecular complexity index is 313. The van der Waals surface area contributed by atoms with E-state index in [4.69, 9.17) is 0 Å². The monoisotopic (exact) mass is 237 g/mol. The Hall–Kier alpha value is -1.51. The van der Waals surface area contributed by atoms with Crippen LogP contribution in [0.25, 0.3) is 5.70 Å². The van der Waals surface area contributed by atoms with Crippen LogP contribution in [0.15, 0.2) is 25.9 Å².